The fourth-order valence-corrected chi connectivity index (χ4v) is 3.78. The molecule has 0 aromatic heterocycles. The number of benzene rings is 1. The molecule has 1 aliphatic heterocycles. The summed E-state index contributed by atoms with van der Waals surface area (Å²) < 4.78 is 40.6. The topological polar surface area (TPSA) is 98.7 Å². The average molecular weight is 353 g/mol. The van der Waals surface area contributed by atoms with E-state index in [1.165, 1.54) is 12.1 Å². The van der Waals surface area contributed by atoms with Crippen LogP contribution in [0, 0.1) is 29.5 Å². The van der Waals surface area contributed by atoms with Gasteiger partial charge in [0.1, 0.15) is 18.0 Å². The van der Waals surface area contributed by atoms with Gasteiger partial charge in [0.05, 0.1) is 5.56 Å². The summed E-state index contributed by atoms with van der Waals surface area (Å²) in [6, 6.07) is 2.45. The Bertz CT molecular complexity index is 859. The molecule has 7 nitrogen and oxygen atoms in total. The highest BCUT2D eigenvalue weighted by Gasteiger charge is 2.38. The van der Waals surface area contributed by atoms with Crippen molar-refractivity contribution in [1.82, 2.24) is 10.0 Å². The third-order valence-corrected chi connectivity index (χ3v) is 5.32. The highest BCUT2D eigenvalue weighted by molar-refractivity contribution is 7.92. The average Bonchev–Trinajstić information content (AvgIpc) is 3.17. The van der Waals surface area contributed by atoms with Crippen LogP contribution in [0.1, 0.15) is 12.0 Å². The van der Waals surface area contributed by atoms with Crippen molar-refractivity contribution < 1.29 is 22.7 Å². The van der Waals surface area contributed by atoms with Gasteiger partial charge in [-0.05, 0) is 38.1 Å². The molecule has 24 heavy (non-hydrogen) atoms. The number of aromatic hydroxyl groups is 1. The van der Waals surface area contributed by atoms with Gasteiger partial charge in [-0.15, -0.1) is 0 Å². The van der Waals surface area contributed by atoms with E-state index in [1.54, 1.807) is 4.72 Å². The van der Waals surface area contributed by atoms with Crippen molar-refractivity contribution in [3.63, 3.8) is 0 Å². The number of hydrogen-bond donors (Lipinski definition) is 3. The molecular weight excluding hydrogens is 337 g/mol. The van der Waals surface area contributed by atoms with Crippen LogP contribution in [0.4, 0.5) is 10.1 Å². The van der Waals surface area contributed by atoms with E-state index in [0.29, 0.717) is 10.2 Å². The van der Waals surface area contributed by atoms with E-state index in [4.69, 9.17) is 0 Å². The summed E-state index contributed by atoms with van der Waals surface area (Å²) in [4.78, 5) is 11.3. The van der Waals surface area contributed by atoms with E-state index in [9.17, 15) is 22.7 Å². The second-order valence-electron chi connectivity index (χ2n) is 5.76. The molecule has 1 aromatic rings. The Labute approximate surface area is 139 Å². The lowest BCUT2D eigenvalue weighted by atomic mass is 10.1. The number of carbonyl (C=O) groups is 1. The summed E-state index contributed by atoms with van der Waals surface area (Å²) >= 11 is 0. The lowest BCUT2D eigenvalue weighted by Crippen LogP contribution is -2.30. The molecule has 0 radical (unpaired) electrons. The van der Waals surface area contributed by atoms with Gasteiger partial charge in [0.25, 0.3) is 5.91 Å². The fourth-order valence-electron chi connectivity index (χ4n) is 2.62. The van der Waals surface area contributed by atoms with Crippen molar-refractivity contribution in [3.8, 4) is 17.6 Å². The number of phenolic OH excluding ortho intramolecular Hbond substituents is 1. The lowest BCUT2D eigenvalue weighted by Gasteiger charge is -2.17. The van der Waals surface area contributed by atoms with E-state index >= 15 is 0 Å². The largest absolute Gasteiger partial charge is 0.506 e. The number of rotatable bonds is 3. The molecule has 1 aromatic carbocycles. The molecule has 1 saturated heterocycles. The number of hydrogen-bond acceptors (Lipinski definition) is 5. The normalized spacial score (nSPS) is 24.2. The summed E-state index contributed by atoms with van der Waals surface area (Å²) in [7, 11) is -2.36. The molecule has 9 heteroatoms. The SMILES string of the molecule is CNC[C@H]1C[C@@H]1C#Cc1ccc(O)c(N2CC(=O)NS2(=O)=O)c1F. The van der Waals surface area contributed by atoms with Crippen molar-refractivity contribution >= 4 is 21.8 Å². The van der Waals surface area contributed by atoms with Gasteiger partial charge < -0.3 is 10.4 Å². The zero-order valence-corrected chi connectivity index (χ0v) is 13.7. The van der Waals surface area contributed by atoms with Crippen LogP contribution in [0.15, 0.2) is 12.1 Å². The molecule has 1 aliphatic carbocycles. The Morgan fingerprint density at radius 3 is 2.88 bits per heavy atom. The predicted octanol–water partition coefficient (Wildman–Crippen LogP) is -0.0807. The second-order valence-corrected chi connectivity index (χ2v) is 7.36. The molecule has 0 unspecified atom stereocenters. The van der Waals surface area contributed by atoms with Crippen LogP contribution in [0.25, 0.3) is 0 Å². The zero-order chi connectivity index (χ0) is 17.5. The van der Waals surface area contributed by atoms with Crippen LogP contribution in [0.5, 0.6) is 5.75 Å². The number of carbonyl (C=O) groups excluding carboxylic acids is 1. The molecule has 3 rings (SSSR count). The molecular formula is C15H16FN3O4S. The second kappa shape index (κ2) is 5.96. The maximum atomic E-state index is 14.7. The highest BCUT2D eigenvalue weighted by Crippen LogP contribution is 2.38. The first kappa shape index (κ1) is 16.5. The van der Waals surface area contributed by atoms with Crippen molar-refractivity contribution in [2.45, 2.75) is 6.42 Å². The first-order chi connectivity index (χ1) is 11.3. The van der Waals surface area contributed by atoms with E-state index in [1.807, 2.05) is 7.05 Å². The standard InChI is InChI=1S/C15H16FN3O4S/c1-17-7-11-6-10(11)3-2-9-4-5-12(20)15(14(9)16)19-8-13(21)18-24(19,22)23/h4-5,10-11,17,20H,6-8H2,1H3,(H,18,21)/t10-,11+/m0/s1. The molecule has 3 N–H and O–H groups in total. The van der Waals surface area contributed by atoms with E-state index in [2.05, 4.69) is 17.2 Å². The highest BCUT2D eigenvalue weighted by atomic mass is 32.2. The first-order valence-corrected chi connectivity index (χ1v) is 8.78. The lowest BCUT2D eigenvalue weighted by molar-refractivity contribution is -0.117. The van der Waals surface area contributed by atoms with E-state index in [-0.39, 0.29) is 11.5 Å². The smallest absolute Gasteiger partial charge is 0.326 e. The minimum atomic E-state index is -4.21. The van der Waals surface area contributed by atoms with Crippen molar-refractivity contribution in [1.29, 1.82) is 0 Å². The Morgan fingerprint density at radius 2 is 2.25 bits per heavy atom. The molecule has 2 fully saturated rings. The van der Waals surface area contributed by atoms with E-state index < -0.39 is 39.9 Å². The van der Waals surface area contributed by atoms with Gasteiger partial charge in [0.15, 0.2) is 5.82 Å². The molecule has 2 atom stereocenters. The molecule has 1 heterocycles. The number of nitrogens with one attached hydrogen (secondary N) is 2. The van der Waals surface area contributed by atoms with Crippen molar-refractivity contribution in [3.05, 3.63) is 23.5 Å². The molecule has 128 valence electrons. The molecule has 2 aliphatic rings. The van der Waals surface area contributed by atoms with Crippen LogP contribution in [-0.4, -0.2) is 39.6 Å². The van der Waals surface area contributed by atoms with Gasteiger partial charge in [0, 0.05) is 5.92 Å². The van der Waals surface area contributed by atoms with Gasteiger partial charge in [-0.3, -0.25) is 4.79 Å². The predicted molar refractivity (Wildman–Crippen MR) is 84.9 cm³/mol. The monoisotopic (exact) mass is 353 g/mol. The Kier molecular flexibility index (Phi) is 4.11. The van der Waals surface area contributed by atoms with Crippen molar-refractivity contribution in [2.24, 2.45) is 11.8 Å². The molecule has 1 amide bonds. The maximum Gasteiger partial charge on any atom is 0.326 e. The Balaban J connectivity index is 1.92. The Hall–Kier alpha value is -2.31. The third kappa shape index (κ3) is 3.02. The number of nitrogens with zero attached hydrogens (tertiary/aromatic N) is 1. The quantitative estimate of drug-likeness (QED) is 0.660. The molecule has 0 spiro atoms. The number of phenols is 1. The van der Waals surface area contributed by atoms with Gasteiger partial charge >= 0.3 is 10.2 Å². The van der Waals surface area contributed by atoms with Crippen LogP contribution >= 0.6 is 0 Å². The molecule has 0 bridgehead atoms. The minimum Gasteiger partial charge on any atom is -0.506 e. The van der Waals surface area contributed by atoms with Gasteiger partial charge in [0.2, 0.25) is 0 Å². The summed E-state index contributed by atoms with van der Waals surface area (Å²) in [6.45, 7) is 0.249. The first-order valence-electron chi connectivity index (χ1n) is 7.34. The van der Waals surface area contributed by atoms with Gasteiger partial charge in [-0.1, -0.05) is 11.8 Å². The maximum absolute atomic E-state index is 14.7. The molecule has 1 saturated carbocycles. The minimum absolute atomic E-state index is 0.0209. The summed E-state index contributed by atoms with van der Waals surface area (Å²) in [6.07, 6.45) is 0.930. The number of amides is 1. The van der Waals surface area contributed by atoms with Crippen molar-refractivity contribution in [2.75, 3.05) is 24.4 Å². The summed E-state index contributed by atoms with van der Waals surface area (Å²) in [5.74, 6) is 3.93. The van der Waals surface area contributed by atoms with Crippen LogP contribution < -0.4 is 14.3 Å². The van der Waals surface area contributed by atoms with Crippen LogP contribution in [-0.2, 0) is 15.0 Å². The summed E-state index contributed by atoms with van der Waals surface area (Å²) in [5.41, 5.74) is -0.588. The van der Waals surface area contributed by atoms with Crippen LogP contribution in [0.2, 0.25) is 0 Å². The summed E-state index contributed by atoms with van der Waals surface area (Å²) in [5, 5.41) is 12.9. The third-order valence-electron chi connectivity index (χ3n) is 3.95. The zero-order valence-electron chi connectivity index (χ0n) is 12.8. The van der Waals surface area contributed by atoms with Gasteiger partial charge in [-0.2, -0.15) is 8.42 Å². The van der Waals surface area contributed by atoms with E-state index in [0.717, 1.165) is 13.0 Å². The number of halogens is 1. The Morgan fingerprint density at radius 1 is 1.50 bits per heavy atom. The fraction of sp³-hybridized carbons (Fsp3) is 0.400. The number of anilines is 1. The van der Waals surface area contributed by atoms with Gasteiger partial charge in [-0.25, -0.2) is 13.4 Å². The van der Waals surface area contributed by atoms with Crippen LogP contribution in [0.3, 0.4) is 0 Å².